The Hall–Kier alpha value is -1.79. The molecule has 6 heteroatoms. The normalized spacial score (nSPS) is 10.3. The maximum Gasteiger partial charge on any atom is 0.250 e. The highest BCUT2D eigenvalue weighted by molar-refractivity contribution is 6.01. The van der Waals surface area contributed by atoms with Crippen LogP contribution in [0.3, 0.4) is 0 Å². The number of ether oxygens (including phenoxy) is 2. The molecule has 0 heterocycles. The minimum atomic E-state index is -0.509. The highest BCUT2D eigenvalue weighted by Gasteiger charge is 2.09. The Morgan fingerprint density at radius 1 is 1.33 bits per heavy atom. The lowest BCUT2D eigenvalue weighted by Crippen LogP contribution is -2.18. The molecule has 0 aliphatic heterocycles. The number of benzene rings is 1. The summed E-state index contributed by atoms with van der Waals surface area (Å²) in [5.41, 5.74) is 12.5. The lowest BCUT2D eigenvalue weighted by molar-refractivity contribution is 0.0759. The molecule has 100 valence electrons. The van der Waals surface area contributed by atoms with Crippen molar-refractivity contribution in [3.8, 4) is 0 Å². The van der Waals surface area contributed by atoms with Crippen LogP contribution < -0.4 is 16.8 Å². The number of primary amides is 1. The molecule has 1 aromatic rings. The van der Waals surface area contributed by atoms with Crippen molar-refractivity contribution >= 4 is 17.3 Å². The first-order valence-electron chi connectivity index (χ1n) is 5.65. The Balaban J connectivity index is 2.48. The summed E-state index contributed by atoms with van der Waals surface area (Å²) in [6.07, 6.45) is 0. The number of anilines is 2. The predicted molar refractivity (Wildman–Crippen MR) is 70.6 cm³/mol. The van der Waals surface area contributed by atoms with Crippen LogP contribution in [0.25, 0.3) is 0 Å². The largest absolute Gasteiger partial charge is 0.397 e. The minimum absolute atomic E-state index is 0.381. The van der Waals surface area contributed by atoms with Gasteiger partial charge in [0.2, 0.25) is 0 Å². The van der Waals surface area contributed by atoms with Crippen molar-refractivity contribution in [3.05, 3.63) is 23.8 Å². The summed E-state index contributed by atoms with van der Waals surface area (Å²) in [5, 5.41) is 3.05. The quantitative estimate of drug-likeness (QED) is 0.461. The standard InChI is InChI=1S/C12H19N3O3/c1-17-7-8-18-6-5-15-11-9(12(14)16)3-2-4-10(11)13/h2-4,15H,5-8,13H2,1H3,(H2,14,16). The lowest BCUT2D eigenvalue weighted by atomic mass is 10.1. The number of rotatable bonds is 8. The fourth-order valence-electron chi connectivity index (χ4n) is 1.47. The molecule has 0 radical (unpaired) electrons. The van der Waals surface area contributed by atoms with E-state index in [-0.39, 0.29) is 0 Å². The molecular weight excluding hydrogens is 234 g/mol. The second-order valence-corrected chi connectivity index (χ2v) is 3.67. The summed E-state index contributed by atoms with van der Waals surface area (Å²) in [5.74, 6) is -0.509. The highest BCUT2D eigenvalue weighted by Crippen LogP contribution is 2.22. The number of hydrogen-bond acceptors (Lipinski definition) is 5. The Morgan fingerprint density at radius 2 is 2.11 bits per heavy atom. The topological polar surface area (TPSA) is 99.6 Å². The Bertz CT molecular complexity index is 396. The monoisotopic (exact) mass is 253 g/mol. The van der Waals surface area contributed by atoms with E-state index in [0.29, 0.717) is 43.3 Å². The van der Waals surface area contributed by atoms with Gasteiger partial charge in [0.1, 0.15) is 0 Å². The molecule has 6 nitrogen and oxygen atoms in total. The van der Waals surface area contributed by atoms with E-state index in [1.807, 2.05) is 0 Å². The molecule has 1 rings (SSSR count). The zero-order chi connectivity index (χ0) is 13.4. The van der Waals surface area contributed by atoms with Crippen molar-refractivity contribution in [2.75, 3.05) is 44.5 Å². The van der Waals surface area contributed by atoms with Crippen LogP contribution in [0.5, 0.6) is 0 Å². The summed E-state index contributed by atoms with van der Waals surface area (Å²) in [6.45, 7) is 2.12. The van der Waals surface area contributed by atoms with Gasteiger partial charge in [-0.15, -0.1) is 0 Å². The van der Waals surface area contributed by atoms with Crippen LogP contribution in [-0.2, 0) is 9.47 Å². The van der Waals surface area contributed by atoms with Gasteiger partial charge in [0.05, 0.1) is 36.8 Å². The summed E-state index contributed by atoms with van der Waals surface area (Å²) >= 11 is 0. The van der Waals surface area contributed by atoms with Gasteiger partial charge in [-0.25, -0.2) is 0 Å². The number of methoxy groups -OCH3 is 1. The van der Waals surface area contributed by atoms with E-state index in [9.17, 15) is 4.79 Å². The Morgan fingerprint density at radius 3 is 2.78 bits per heavy atom. The Labute approximate surface area is 106 Å². The van der Waals surface area contributed by atoms with E-state index >= 15 is 0 Å². The van der Waals surface area contributed by atoms with Gasteiger partial charge in [-0.3, -0.25) is 4.79 Å². The summed E-state index contributed by atoms with van der Waals surface area (Å²) in [4.78, 5) is 11.2. The molecule has 0 aromatic heterocycles. The number of hydrogen-bond donors (Lipinski definition) is 3. The van der Waals surface area contributed by atoms with Crippen molar-refractivity contribution in [1.29, 1.82) is 0 Å². The fourth-order valence-corrected chi connectivity index (χ4v) is 1.47. The average Bonchev–Trinajstić information content (AvgIpc) is 2.34. The van der Waals surface area contributed by atoms with Gasteiger partial charge < -0.3 is 26.3 Å². The number of nitrogens with one attached hydrogen (secondary N) is 1. The van der Waals surface area contributed by atoms with E-state index < -0.39 is 5.91 Å². The number of carbonyl (C=O) groups excluding carboxylic acids is 1. The molecule has 0 spiro atoms. The molecule has 0 fully saturated rings. The van der Waals surface area contributed by atoms with E-state index in [1.165, 1.54) is 0 Å². The lowest BCUT2D eigenvalue weighted by Gasteiger charge is -2.12. The van der Waals surface area contributed by atoms with Crippen LogP contribution in [0, 0.1) is 0 Å². The first-order chi connectivity index (χ1) is 8.66. The number of para-hydroxylation sites is 1. The number of amides is 1. The van der Waals surface area contributed by atoms with E-state index in [4.69, 9.17) is 20.9 Å². The van der Waals surface area contributed by atoms with Crippen molar-refractivity contribution < 1.29 is 14.3 Å². The van der Waals surface area contributed by atoms with Gasteiger partial charge in [0.25, 0.3) is 5.91 Å². The molecule has 0 saturated carbocycles. The van der Waals surface area contributed by atoms with Crippen LogP contribution >= 0.6 is 0 Å². The van der Waals surface area contributed by atoms with E-state index in [2.05, 4.69) is 5.32 Å². The minimum Gasteiger partial charge on any atom is -0.397 e. The zero-order valence-corrected chi connectivity index (χ0v) is 10.4. The smallest absolute Gasteiger partial charge is 0.250 e. The predicted octanol–water partition coefficient (Wildman–Crippen LogP) is 0.443. The van der Waals surface area contributed by atoms with Gasteiger partial charge in [0, 0.05) is 13.7 Å². The SMILES string of the molecule is COCCOCCNc1c(N)cccc1C(N)=O. The number of carbonyl (C=O) groups is 1. The molecule has 0 bridgehead atoms. The zero-order valence-electron chi connectivity index (χ0n) is 10.4. The third-order valence-electron chi connectivity index (χ3n) is 2.34. The molecule has 0 aliphatic carbocycles. The van der Waals surface area contributed by atoms with E-state index in [1.54, 1.807) is 25.3 Å². The summed E-state index contributed by atoms with van der Waals surface area (Å²) < 4.78 is 10.1. The maximum absolute atomic E-state index is 11.2. The van der Waals surface area contributed by atoms with Gasteiger partial charge >= 0.3 is 0 Å². The van der Waals surface area contributed by atoms with Gasteiger partial charge in [-0.05, 0) is 12.1 Å². The maximum atomic E-state index is 11.2. The first-order valence-corrected chi connectivity index (χ1v) is 5.65. The van der Waals surface area contributed by atoms with Crippen molar-refractivity contribution in [3.63, 3.8) is 0 Å². The molecule has 0 saturated heterocycles. The third-order valence-corrected chi connectivity index (χ3v) is 2.34. The molecule has 0 aliphatic rings. The van der Waals surface area contributed by atoms with E-state index in [0.717, 1.165) is 0 Å². The Kier molecular flexibility index (Phi) is 5.96. The second kappa shape index (κ2) is 7.52. The molecule has 18 heavy (non-hydrogen) atoms. The second-order valence-electron chi connectivity index (χ2n) is 3.67. The molecule has 1 amide bonds. The van der Waals surface area contributed by atoms with Crippen LogP contribution in [-0.4, -0.2) is 39.4 Å². The summed E-state index contributed by atoms with van der Waals surface area (Å²) in [7, 11) is 1.62. The molecule has 0 unspecified atom stereocenters. The molecular formula is C12H19N3O3. The van der Waals surface area contributed by atoms with Gasteiger partial charge in [0.15, 0.2) is 0 Å². The van der Waals surface area contributed by atoms with Crippen molar-refractivity contribution in [2.45, 2.75) is 0 Å². The van der Waals surface area contributed by atoms with Crippen LogP contribution in [0.4, 0.5) is 11.4 Å². The van der Waals surface area contributed by atoms with Crippen LogP contribution in [0.15, 0.2) is 18.2 Å². The average molecular weight is 253 g/mol. The van der Waals surface area contributed by atoms with Gasteiger partial charge in [-0.1, -0.05) is 6.07 Å². The van der Waals surface area contributed by atoms with Crippen molar-refractivity contribution in [2.24, 2.45) is 5.73 Å². The van der Waals surface area contributed by atoms with Crippen LogP contribution in [0.1, 0.15) is 10.4 Å². The molecule has 5 N–H and O–H groups in total. The van der Waals surface area contributed by atoms with Crippen molar-refractivity contribution in [1.82, 2.24) is 0 Å². The van der Waals surface area contributed by atoms with Gasteiger partial charge in [-0.2, -0.15) is 0 Å². The van der Waals surface area contributed by atoms with Crippen LogP contribution in [0.2, 0.25) is 0 Å². The first kappa shape index (κ1) is 14.3. The highest BCUT2D eigenvalue weighted by atomic mass is 16.5. The number of nitrogen functional groups attached to an aromatic ring is 1. The third kappa shape index (κ3) is 4.23. The fraction of sp³-hybridized carbons (Fsp3) is 0.417. The summed E-state index contributed by atoms with van der Waals surface area (Å²) in [6, 6.07) is 5.03. The number of nitrogens with two attached hydrogens (primary N) is 2. The molecule has 0 atom stereocenters. The molecule has 1 aromatic carbocycles.